The van der Waals surface area contributed by atoms with Crippen molar-refractivity contribution in [2.45, 2.75) is 25.9 Å². The van der Waals surface area contributed by atoms with E-state index in [1.165, 1.54) is 6.07 Å². The number of methoxy groups -OCH3 is 1. The van der Waals surface area contributed by atoms with Crippen LogP contribution in [0.4, 0.5) is 8.78 Å². The molecular weight excluding hydrogens is 250 g/mol. The summed E-state index contributed by atoms with van der Waals surface area (Å²) < 4.78 is 31.5. The zero-order valence-electron chi connectivity index (χ0n) is 11.7. The summed E-state index contributed by atoms with van der Waals surface area (Å²) in [6, 6.07) is 3.94. The second-order valence-electron chi connectivity index (χ2n) is 4.56. The Labute approximate surface area is 113 Å². The molecule has 19 heavy (non-hydrogen) atoms. The van der Waals surface area contributed by atoms with Crippen LogP contribution in [0.15, 0.2) is 18.2 Å². The van der Waals surface area contributed by atoms with Crippen molar-refractivity contribution < 1.29 is 13.5 Å². The summed E-state index contributed by atoms with van der Waals surface area (Å²) in [6.45, 7) is 5.69. The fraction of sp³-hybridized carbons (Fsp3) is 0.571. The van der Waals surface area contributed by atoms with Gasteiger partial charge in [-0.15, -0.1) is 0 Å². The quantitative estimate of drug-likeness (QED) is 0.828. The summed E-state index contributed by atoms with van der Waals surface area (Å²) in [6.07, 6.45) is 0. The van der Waals surface area contributed by atoms with E-state index in [0.717, 1.165) is 12.6 Å². The lowest BCUT2D eigenvalue weighted by Crippen LogP contribution is -2.42. The molecule has 0 bridgehead atoms. The minimum absolute atomic E-state index is 0.148. The fourth-order valence-corrected chi connectivity index (χ4v) is 2.36. The molecule has 0 aliphatic rings. The van der Waals surface area contributed by atoms with Crippen LogP contribution in [0.3, 0.4) is 0 Å². The highest BCUT2D eigenvalue weighted by Crippen LogP contribution is 2.23. The molecule has 0 saturated carbocycles. The highest BCUT2D eigenvalue weighted by atomic mass is 19.2. The van der Waals surface area contributed by atoms with Crippen LogP contribution in [0.25, 0.3) is 0 Å². The average molecular weight is 272 g/mol. The molecule has 0 aliphatic carbocycles. The summed E-state index contributed by atoms with van der Waals surface area (Å²) >= 11 is 0. The van der Waals surface area contributed by atoms with Crippen molar-refractivity contribution in [2.75, 3.05) is 26.8 Å². The maximum Gasteiger partial charge on any atom is 0.159 e. The predicted octanol–water partition coefficient (Wildman–Crippen LogP) is 2.32. The highest BCUT2D eigenvalue weighted by Gasteiger charge is 2.23. The van der Waals surface area contributed by atoms with Gasteiger partial charge in [-0.05, 0) is 31.2 Å². The van der Waals surface area contributed by atoms with Gasteiger partial charge in [-0.3, -0.25) is 4.90 Å². The first-order valence-electron chi connectivity index (χ1n) is 6.44. The molecule has 0 saturated heterocycles. The van der Waals surface area contributed by atoms with Gasteiger partial charge in [-0.25, -0.2) is 8.78 Å². The van der Waals surface area contributed by atoms with Crippen LogP contribution < -0.4 is 5.73 Å². The zero-order valence-corrected chi connectivity index (χ0v) is 11.7. The smallest absolute Gasteiger partial charge is 0.159 e. The Hall–Kier alpha value is -1.04. The second-order valence-corrected chi connectivity index (χ2v) is 4.56. The van der Waals surface area contributed by atoms with E-state index in [1.807, 2.05) is 13.8 Å². The Morgan fingerprint density at radius 1 is 1.32 bits per heavy atom. The third-order valence-electron chi connectivity index (χ3n) is 3.29. The Balaban J connectivity index is 2.99. The molecule has 0 aliphatic heterocycles. The van der Waals surface area contributed by atoms with Gasteiger partial charge in [0.15, 0.2) is 11.6 Å². The molecule has 1 aromatic carbocycles. The fourth-order valence-electron chi connectivity index (χ4n) is 2.36. The molecule has 1 aromatic rings. The predicted molar refractivity (Wildman–Crippen MR) is 71.9 cm³/mol. The highest BCUT2D eigenvalue weighted by molar-refractivity contribution is 5.22. The molecule has 108 valence electrons. The van der Waals surface area contributed by atoms with E-state index >= 15 is 0 Å². The molecule has 0 amide bonds. The molecule has 5 heteroatoms. The third kappa shape index (κ3) is 3.96. The van der Waals surface area contributed by atoms with Crippen molar-refractivity contribution in [2.24, 2.45) is 5.73 Å². The van der Waals surface area contributed by atoms with Gasteiger partial charge >= 0.3 is 0 Å². The molecule has 0 radical (unpaired) electrons. The van der Waals surface area contributed by atoms with Gasteiger partial charge in [0.05, 0.1) is 6.61 Å². The first kappa shape index (κ1) is 16.0. The number of halogens is 2. The van der Waals surface area contributed by atoms with Crippen molar-refractivity contribution >= 4 is 0 Å². The van der Waals surface area contributed by atoms with Crippen LogP contribution in [0.5, 0.6) is 0 Å². The molecular formula is C14H22F2N2O. The molecule has 2 atom stereocenters. The van der Waals surface area contributed by atoms with Crippen molar-refractivity contribution in [1.82, 2.24) is 4.90 Å². The van der Waals surface area contributed by atoms with Crippen LogP contribution in [0.2, 0.25) is 0 Å². The summed E-state index contributed by atoms with van der Waals surface area (Å²) in [5, 5.41) is 0. The Morgan fingerprint density at radius 3 is 2.47 bits per heavy atom. The number of nitrogens with zero attached hydrogens (tertiary/aromatic N) is 1. The second kappa shape index (κ2) is 7.53. The molecule has 0 fully saturated rings. The number of likely N-dealkylation sites (N-methyl/N-ethyl adjacent to an activating group) is 1. The van der Waals surface area contributed by atoms with Crippen LogP contribution in [-0.4, -0.2) is 37.7 Å². The van der Waals surface area contributed by atoms with Crippen LogP contribution in [0, 0.1) is 11.6 Å². The molecule has 0 heterocycles. The molecule has 2 unspecified atom stereocenters. The van der Waals surface area contributed by atoms with Gasteiger partial charge in [0.1, 0.15) is 0 Å². The number of hydrogen-bond donors (Lipinski definition) is 1. The monoisotopic (exact) mass is 272 g/mol. The normalized spacial score (nSPS) is 14.7. The Morgan fingerprint density at radius 2 is 2.00 bits per heavy atom. The van der Waals surface area contributed by atoms with Crippen LogP contribution in [-0.2, 0) is 4.74 Å². The maximum atomic E-state index is 13.3. The molecule has 1 rings (SSSR count). The number of ether oxygens (including phenoxy) is 1. The lowest BCUT2D eigenvalue weighted by Gasteiger charge is -2.35. The van der Waals surface area contributed by atoms with E-state index in [4.69, 9.17) is 10.5 Å². The topological polar surface area (TPSA) is 38.5 Å². The van der Waals surface area contributed by atoms with Crippen molar-refractivity contribution in [3.63, 3.8) is 0 Å². The largest absolute Gasteiger partial charge is 0.383 e. The van der Waals surface area contributed by atoms with Crippen LogP contribution in [0.1, 0.15) is 25.5 Å². The average Bonchev–Trinajstić information content (AvgIpc) is 2.39. The van der Waals surface area contributed by atoms with E-state index in [-0.39, 0.29) is 12.1 Å². The number of benzene rings is 1. The lowest BCUT2D eigenvalue weighted by atomic mass is 10.0. The van der Waals surface area contributed by atoms with Gasteiger partial charge in [-0.1, -0.05) is 13.0 Å². The molecule has 2 N–H and O–H groups in total. The van der Waals surface area contributed by atoms with Gasteiger partial charge in [0, 0.05) is 25.7 Å². The first-order chi connectivity index (χ1) is 9.04. The minimum Gasteiger partial charge on any atom is -0.383 e. The van der Waals surface area contributed by atoms with Crippen LogP contribution >= 0.6 is 0 Å². The van der Waals surface area contributed by atoms with E-state index < -0.39 is 11.6 Å². The summed E-state index contributed by atoms with van der Waals surface area (Å²) in [4.78, 5) is 2.12. The standard InChI is InChI=1S/C14H22F2N2O/c1-4-18(10(2)9-19-3)14(8-17)11-5-6-12(15)13(16)7-11/h5-7,10,14H,4,8-9,17H2,1-3H3. The maximum absolute atomic E-state index is 13.3. The molecule has 3 nitrogen and oxygen atoms in total. The minimum atomic E-state index is -0.841. The SMILES string of the molecule is CCN(C(C)COC)C(CN)c1ccc(F)c(F)c1. The van der Waals surface area contributed by atoms with E-state index in [0.29, 0.717) is 18.7 Å². The van der Waals surface area contributed by atoms with Crippen molar-refractivity contribution in [3.8, 4) is 0 Å². The van der Waals surface area contributed by atoms with E-state index in [9.17, 15) is 8.78 Å². The van der Waals surface area contributed by atoms with E-state index in [1.54, 1.807) is 13.2 Å². The Kier molecular flexibility index (Phi) is 6.34. The van der Waals surface area contributed by atoms with Crippen molar-refractivity contribution in [1.29, 1.82) is 0 Å². The van der Waals surface area contributed by atoms with Gasteiger partial charge in [-0.2, -0.15) is 0 Å². The summed E-state index contributed by atoms with van der Waals surface area (Å²) in [5.41, 5.74) is 6.49. The number of hydrogen-bond acceptors (Lipinski definition) is 3. The van der Waals surface area contributed by atoms with Crippen molar-refractivity contribution in [3.05, 3.63) is 35.4 Å². The zero-order chi connectivity index (χ0) is 14.4. The lowest BCUT2D eigenvalue weighted by molar-refractivity contribution is 0.0750. The molecule has 0 aromatic heterocycles. The third-order valence-corrected chi connectivity index (χ3v) is 3.29. The van der Waals surface area contributed by atoms with E-state index in [2.05, 4.69) is 4.90 Å². The first-order valence-corrected chi connectivity index (χ1v) is 6.44. The van der Waals surface area contributed by atoms with Gasteiger partial charge in [0.25, 0.3) is 0 Å². The number of rotatable bonds is 7. The van der Waals surface area contributed by atoms with Gasteiger partial charge in [0.2, 0.25) is 0 Å². The summed E-state index contributed by atoms with van der Waals surface area (Å²) in [7, 11) is 1.64. The Bertz CT molecular complexity index is 401. The summed E-state index contributed by atoms with van der Waals surface area (Å²) in [5.74, 6) is -1.68. The molecule has 0 spiro atoms. The van der Waals surface area contributed by atoms with Gasteiger partial charge < -0.3 is 10.5 Å². The number of nitrogens with two attached hydrogens (primary N) is 1.